The lowest BCUT2D eigenvalue weighted by atomic mass is 10.1. The number of hydrogen-bond donors (Lipinski definition) is 0. The Hall–Kier alpha value is -1.97. The van der Waals surface area contributed by atoms with Crippen molar-refractivity contribution in [3.05, 3.63) is 29.5 Å². The van der Waals surface area contributed by atoms with Gasteiger partial charge in [-0.15, -0.1) is 0 Å². The number of carbonyl (C=O) groups excluding carboxylic acids is 1. The molecule has 0 aliphatic rings. The molecular formula is C13H14O4. The van der Waals surface area contributed by atoms with Gasteiger partial charge in [0.1, 0.15) is 22.7 Å². The topological polar surface area (TPSA) is 48.7 Å². The standard InChI is InChI=1S/C13H14O4/c1-4-16-13(14)11-8(2)17-10-7-5-6-9(15-3)12(10)11/h5-7H,4H2,1-3H3. The SMILES string of the molecule is CCOC(=O)c1c(C)oc2cccc(OC)c12. The van der Waals surface area contributed by atoms with Gasteiger partial charge >= 0.3 is 5.97 Å². The third-order valence-corrected chi connectivity index (χ3v) is 2.55. The van der Waals surface area contributed by atoms with E-state index in [2.05, 4.69) is 0 Å². The number of aryl methyl sites for hydroxylation is 1. The lowest BCUT2D eigenvalue weighted by Gasteiger charge is -2.03. The van der Waals surface area contributed by atoms with Crippen LogP contribution in [0.15, 0.2) is 22.6 Å². The van der Waals surface area contributed by atoms with Crippen LogP contribution in [0.2, 0.25) is 0 Å². The molecule has 2 rings (SSSR count). The summed E-state index contributed by atoms with van der Waals surface area (Å²) in [4.78, 5) is 11.9. The second-order valence-corrected chi connectivity index (χ2v) is 3.59. The molecule has 0 aliphatic carbocycles. The fourth-order valence-corrected chi connectivity index (χ4v) is 1.85. The predicted molar refractivity (Wildman–Crippen MR) is 63.5 cm³/mol. The number of rotatable bonds is 3. The molecule has 1 aromatic heterocycles. The highest BCUT2D eigenvalue weighted by atomic mass is 16.5. The number of benzene rings is 1. The van der Waals surface area contributed by atoms with Gasteiger partial charge in [0.25, 0.3) is 0 Å². The fraction of sp³-hybridized carbons (Fsp3) is 0.308. The summed E-state index contributed by atoms with van der Waals surface area (Å²) < 4.78 is 15.8. The normalized spacial score (nSPS) is 10.5. The third-order valence-electron chi connectivity index (χ3n) is 2.55. The highest BCUT2D eigenvalue weighted by Crippen LogP contribution is 2.33. The number of hydrogen-bond acceptors (Lipinski definition) is 4. The van der Waals surface area contributed by atoms with Gasteiger partial charge in [-0.3, -0.25) is 0 Å². The Morgan fingerprint density at radius 3 is 2.82 bits per heavy atom. The van der Waals surface area contributed by atoms with E-state index in [0.717, 1.165) is 0 Å². The zero-order chi connectivity index (χ0) is 12.4. The van der Waals surface area contributed by atoms with Crippen LogP contribution in [0.5, 0.6) is 5.75 Å². The highest BCUT2D eigenvalue weighted by molar-refractivity contribution is 6.07. The van der Waals surface area contributed by atoms with Crippen molar-refractivity contribution in [3.63, 3.8) is 0 Å². The Kier molecular flexibility index (Phi) is 3.04. The summed E-state index contributed by atoms with van der Waals surface area (Å²) in [6.07, 6.45) is 0. The number of furan rings is 1. The van der Waals surface area contributed by atoms with Crippen molar-refractivity contribution in [2.75, 3.05) is 13.7 Å². The first-order chi connectivity index (χ1) is 8.19. The van der Waals surface area contributed by atoms with Crippen molar-refractivity contribution in [1.82, 2.24) is 0 Å². The van der Waals surface area contributed by atoms with Crippen molar-refractivity contribution in [1.29, 1.82) is 0 Å². The molecule has 0 spiro atoms. The summed E-state index contributed by atoms with van der Waals surface area (Å²) in [5.41, 5.74) is 1.07. The van der Waals surface area contributed by atoms with Crippen molar-refractivity contribution in [2.45, 2.75) is 13.8 Å². The minimum Gasteiger partial charge on any atom is -0.496 e. The number of esters is 1. The van der Waals surface area contributed by atoms with Gasteiger partial charge in [0.2, 0.25) is 0 Å². The Morgan fingerprint density at radius 1 is 1.41 bits per heavy atom. The van der Waals surface area contributed by atoms with Gasteiger partial charge in [0.15, 0.2) is 0 Å². The average Bonchev–Trinajstić information content (AvgIpc) is 2.65. The maximum Gasteiger partial charge on any atom is 0.342 e. The van der Waals surface area contributed by atoms with Crippen LogP contribution in [-0.2, 0) is 4.74 Å². The second kappa shape index (κ2) is 4.49. The maximum atomic E-state index is 11.9. The number of ether oxygens (including phenoxy) is 2. The molecule has 1 aromatic carbocycles. The molecular weight excluding hydrogens is 220 g/mol. The molecule has 0 unspecified atom stereocenters. The van der Waals surface area contributed by atoms with Crippen LogP contribution in [0.1, 0.15) is 23.0 Å². The summed E-state index contributed by atoms with van der Waals surface area (Å²) in [6.45, 7) is 3.85. The molecule has 0 fully saturated rings. The summed E-state index contributed by atoms with van der Waals surface area (Å²) >= 11 is 0. The monoisotopic (exact) mass is 234 g/mol. The first kappa shape index (κ1) is 11.5. The molecule has 1 heterocycles. The van der Waals surface area contributed by atoms with Crippen LogP contribution in [0, 0.1) is 6.92 Å². The molecule has 0 atom stereocenters. The van der Waals surface area contributed by atoms with Crippen LogP contribution in [0.3, 0.4) is 0 Å². The fourth-order valence-electron chi connectivity index (χ4n) is 1.85. The van der Waals surface area contributed by atoms with Gasteiger partial charge in [-0.05, 0) is 26.0 Å². The van der Waals surface area contributed by atoms with Gasteiger partial charge in [-0.25, -0.2) is 4.79 Å². The van der Waals surface area contributed by atoms with Gasteiger partial charge in [-0.1, -0.05) is 6.07 Å². The van der Waals surface area contributed by atoms with E-state index in [9.17, 15) is 4.79 Å². The molecule has 17 heavy (non-hydrogen) atoms. The molecule has 0 amide bonds. The Balaban J connectivity index is 2.68. The largest absolute Gasteiger partial charge is 0.496 e. The number of fused-ring (bicyclic) bond motifs is 1. The Bertz CT molecular complexity index is 554. The van der Waals surface area contributed by atoms with Gasteiger partial charge in [-0.2, -0.15) is 0 Å². The average molecular weight is 234 g/mol. The quantitative estimate of drug-likeness (QED) is 0.766. The van der Waals surface area contributed by atoms with E-state index in [0.29, 0.717) is 34.6 Å². The minimum atomic E-state index is -0.381. The first-order valence-corrected chi connectivity index (χ1v) is 5.42. The van der Waals surface area contributed by atoms with Crippen molar-refractivity contribution >= 4 is 16.9 Å². The zero-order valence-corrected chi connectivity index (χ0v) is 10.1. The molecule has 90 valence electrons. The Morgan fingerprint density at radius 2 is 2.18 bits per heavy atom. The lowest BCUT2D eigenvalue weighted by molar-refractivity contribution is 0.0526. The summed E-state index contributed by atoms with van der Waals surface area (Å²) in [6, 6.07) is 5.41. The van der Waals surface area contributed by atoms with E-state index in [1.807, 2.05) is 6.07 Å². The minimum absolute atomic E-state index is 0.333. The molecule has 4 heteroatoms. The van der Waals surface area contributed by atoms with Crippen LogP contribution in [-0.4, -0.2) is 19.7 Å². The van der Waals surface area contributed by atoms with Crippen molar-refractivity contribution in [2.24, 2.45) is 0 Å². The first-order valence-electron chi connectivity index (χ1n) is 5.42. The van der Waals surface area contributed by atoms with Crippen LogP contribution < -0.4 is 4.74 Å². The molecule has 0 saturated heterocycles. The molecule has 0 bridgehead atoms. The van der Waals surface area contributed by atoms with Gasteiger partial charge in [0, 0.05) is 0 Å². The predicted octanol–water partition coefficient (Wildman–Crippen LogP) is 2.93. The molecule has 0 N–H and O–H groups in total. The summed E-state index contributed by atoms with van der Waals surface area (Å²) in [5, 5.41) is 0.672. The highest BCUT2D eigenvalue weighted by Gasteiger charge is 2.22. The van der Waals surface area contributed by atoms with E-state index in [1.54, 1.807) is 33.1 Å². The van der Waals surface area contributed by atoms with E-state index in [1.165, 1.54) is 0 Å². The van der Waals surface area contributed by atoms with Crippen LogP contribution in [0.4, 0.5) is 0 Å². The zero-order valence-electron chi connectivity index (χ0n) is 10.1. The molecule has 0 radical (unpaired) electrons. The number of methoxy groups -OCH3 is 1. The molecule has 4 nitrogen and oxygen atoms in total. The number of carbonyl (C=O) groups is 1. The van der Waals surface area contributed by atoms with E-state index >= 15 is 0 Å². The second-order valence-electron chi connectivity index (χ2n) is 3.59. The van der Waals surface area contributed by atoms with Crippen LogP contribution >= 0.6 is 0 Å². The maximum absolute atomic E-state index is 11.9. The van der Waals surface area contributed by atoms with Crippen LogP contribution in [0.25, 0.3) is 11.0 Å². The van der Waals surface area contributed by atoms with Gasteiger partial charge in [0.05, 0.1) is 19.1 Å². The van der Waals surface area contributed by atoms with E-state index in [-0.39, 0.29) is 5.97 Å². The molecule has 0 aliphatic heterocycles. The van der Waals surface area contributed by atoms with Crippen molar-refractivity contribution in [3.8, 4) is 5.75 Å². The van der Waals surface area contributed by atoms with Crippen molar-refractivity contribution < 1.29 is 18.7 Å². The van der Waals surface area contributed by atoms with E-state index < -0.39 is 0 Å². The van der Waals surface area contributed by atoms with Gasteiger partial charge < -0.3 is 13.9 Å². The Labute approximate surface area is 99.1 Å². The third kappa shape index (κ3) is 1.86. The van der Waals surface area contributed by atoms with E-state index in [4.69, 9.17) is 13.9 Å². The molecule has 0 saturated carbocycles. The summed E-state index contributed by atoms with van der Waals surface area (Å²) in [7, 11) is 1.56. The smallest absolute Gasteiger partial charge is 0.342 e. The molecule has 2 aromatic rings. The summed E-state index contributed by atoms with van der Waals surface area (Å²) in [5.74, 6) is 0.776. The lowest BCUT2D eigenvalue weighted by Crippen LogP contribution is -2.05.